The molecule has 15 heavy (non-hydrogen) atoms. The quantitative estimate of drug-likeness (QED) is 0.509. The van der Waals surface area contributed by atoms with Crippen molar-refractivity contribution >= 4 is 11.8 Å². The molecule has 0 amide bonds. The lowest BCUT2D eigenvalue weighted by Gasteiger charge is -2.26. The Labute approximate surface area is 90.5 Å². The third kappa shape index (κ3) is 3.71. The molecular formula is C10H19N5. The van der Waals surface area contributed by atoms with Crippen molar-refractivity contribution in [2.75, 3.05) is 10.7 Å². The first-order valence-corrected chi connectivity index (χ1v) is 5.15. The van der Waals surface area contributed by atoms with Gasteiger partial charge in [-0.2, -0.15) is 4.98 Å². The fraction of sp³-hybridized carbons (Fsp3) is 0.600. The van der Waals surface area contributed by atoms with Gasteiger partial charge in [-0.15, -0.1) is 0 Å². The molecule has 4 N–H and O–H groups in total. The smallest absolute Gasteiger partial charge is 0.239 e. The number of aromatic nitrogens is 2. The van der Waals surface area contributed by atoms with Crippen molar-refractivity contribution in [3.05, 3.63) is 12.3 Å². The number of rotatable bonds is 5. The van der Waals surface area contributed by atoms with Crippen LogP contribution in [0.1, 0.15) is 33.6 Å². The van der Waals surface area contributed by atoms with Crippen LogP contribution in [0.4, 0.5) is 11.8 Å². The zero-order valence-corrected chi connectivity index (χ0v) is 9.54. The van der Waals surface area contributed by atoms with Crippen molar-refractivity contribution in [1.29, 1.82) is 0 Å². The monoisotopic (exact) mass is 209 g/mol. The summed E-state index contributed by atoms with van der Waals surface area (Å²) in [5.41, 5.74) is 2.46. The molecule has 1 heterocycles. The van der Waals surface area contributed by atoms with Crippen molar-refractivity contribution < 1.29 is 0 Å². The molecule has 0 unspecified atom stereocenters. The molecule has 5 heteroatoms. The summed E-state index contributed by atoms with van der Waals surface area (Å²) in [7, 11) is 0. The van der Waals surface area contributed by atoms with Crippen LogP contribution in [0.25, 0.3) is 0 Å². The Morgan fingerprint density at radius 2 is 2.20 bits per heavy atom. The van der Waals surface area contributed by atoms with Gasteiger partial charge in [0, 0.05) is 11.7 Å². The maximum Gasteiger partial charge on any atom is 0.239 e. The van der Waals surface area contributed by atoms with Gasteiger partial charge in [0.2, 0.25) is 5.95 Å². The van der Waals surface area contributed by atoms with Crippen LogP contribution in [-0.2, 0) is 0 Å². The van der Waals surface area contributed by atoms with E-state index >= 15 is 0 Å². The van der Waals surface area contributed by atoms with Crippen LogP contribution >= 0.6 is 0 Å². The van der Waals surface area contributed by atoms with E-state index in [1.807, 2.05) is 6.07 Å². The zero-order valence-electron chi connectivity index (χ0n) is 9.54. The summed E-state index contributed by atoms with van der Waals surface area (Å²) in [4.78, 5) is 8.15. The molecule has 0 spiro atoms. The molecule has 0 aliphatic heterocycles. The molecule has 0 fully saturated rings. The van der Waals surface area contributed by atoms with E-state index in [0.29, 0.717) is 5.95 Å². The van der Waals surface area contributed by atoms with Gasteiger partial charge in [0.25, 0.3) is 0 Å². The summed E-state index contributed by atoms with van der Waals surface area (Å²) in [6.45, 7) is 6.46. The van der Waals surface area contributed by atoms with Gasteiger partial charge in [-0.1, -0.05) is 13.3 Å². The normalized spacial score (nSPS) is 11.2. The fourth-order valence-corrected chi connectivity index (χ4v) is 1.53. The topological polar surface area (TPSA) is 75.9 Å². The van der Waals surface area contributed by atoms with Gasteiger partial charge in [-0.25, -0.2) is 10.8 Å². The predicted octanol–water partition coefficient (Wildman–Crippen LogP) is 1.75. The number of nitrogen functional groups attached to an aromatic ring is 1. The van der Waals surface area contributed by atoms with Crippen molar-refractivity contribution in [3.8, 4) is 0 Å². The van der Waals surface area contributed by atoms with Gasteiger partial charge < -0.3 is 5.32 Å². The van der Waals surface area contributed by atoms with Crippen molar-refractivity contribution in [1.82, 2.24) is 9.97 Å². The number of hydrogen-bond acceptors (Lipinski definition) is 5. The molecule has 1 aromatic rings. The molecule has 1 aromatic heterocycles. The molecule has 0 aliphatic carbocycles. The van der Waals surface area contributed by atoms with Crippen molar-refractivity contribution in [3.63, 3.8) is 0 Å². The Kier molecular flexibility index (Phi) is 3.85. The summed E-state index contributed by atoms with van der Waals surface area (Å²) in [6, 6.07) is 1.83. The number of nitrogens with two attached hydrogens (primary N) is 1. The van der Waals surface area contributed by atoms with Crippen LogP contribution in [0.2, 0.25) is 0 Å². The molecule has 0 saturated heterocycles. The van der Waals surface area contributed by atoms with E-state index in [4.69, 9.17) is 5.84 Å². The van der Waals surface area contributed by atoms with Gasteiger partial charge in [0.15, 0.2) is 0 Å². The third-order valence-electron chi connectivity index (χ3n) is 2.13. The Hall–Kier alpha value is -1.36. The van der Waals surface area contributed by atoms with Gasteiger partial charge in [-0.05, 0) is 26.3 Å². The first-order valence-electron chi connectivity index (χ1n) is 5.15. The minimum atomic E-state index is 0.0367. The average Bonchev–Trinajstić information content (AvgIpc) is 2.17. The average molecular weight is 209 g/mol. The highest BCUT2D eigenvalue weighted by Gasteiger charge is 2.16. The molecule has 0 bridgehead atoms. The summed E-state index contributed by atoms with van der Waals surface area (Å²) in [6.07, 6.45) is 3.89. The first-order chi connectivity index (χ1) is 7.07. The van der Waals surface area contributed by atoms with E-state index in [1.54, 1.807) is 6.20 Å². The summed E-state index contributed by atoms with van der Waals surface area (Å²) in [5, 5.41) is 3.35. The molecule has 0 aromatic carbocycles. The second-order valence-corrected chi connectivity index (χ2v) is 4.17. The SMILES string of the molecule is CCCC(C)(C)Nc1ccnc(NN)n1. The lowest BCUT2D eigenvalue weighted by Crippen LogP contribution is -2.31. The number of anilines is 2. The van der Waals surface area contributed by atoms with Crippen molar-refractivity contribution in [2.24, 2.45) is 5.84 Å². The lowest BCUT2D eigenvalue weighted by atomic mass is 9.99. The predicted molar refractivity (Wildman–Crippen MR) is 62.5 cm³/mol. The number of hydrazine groups is 1. The van der Waals surface area contributed by atoms with Crippen LogP contribution in [0.3, 0.4) is 0 Å². The van der Waals surface area contributed by atoms with Gasteiger partial charge in [0.05, 0.1) is 0 Å². The standard InChI is InChI=1S/C10H19N5/c1-4-6-10(2,3)14-8-5-7-12-9(13-8)15-11/h5,7H,4,6,11H2,1-3H3,(H2,12,13,14,15). The molecule has 0 atom stereocenters. The highest BCUT2D eigenvalue weighted by molar-refractivity contribution is 5.40. The lowest BCUT2D eigenvalue weighted by molar-refractivity contribution is 0.509. The minimum absolute atomic E-state index is 0.0367. The number of nitrogens with one attached hydrogen (secondary N) is 2. The molecule has 0 aliphatic rings. The largest absolute Gasteiger partial charge is 0.365 e. The fourth-order valence-electron chi connectivity index (χ4n) is 1.53. The van der Waals surface area contributed by atoms with Gasteiger partial charge in [0.1, 0.15) is 5.82 Å². The molecule has 0 saturated carbocycles. The van der Waals surface area contributed by atoms with Crippen LogP contribution in [0, 0.1) is 0 Å². The Morgan fingerprint density at radius 3 is 2.80 bits per heavy atom. The summed E-state index contributed by atoms with van der Waals surface area (Å²) < 4.78 is 0. The molecular weight excluding hydrogens is 190 g/mol. The van der Waals surface area contributed by atoms with Gasteiger partial charge in [-0.3, -0.25) is 5.43 Å². The molecule has 0 radical (unpaired) electrons. The van der Waals surface area contributed by atoms with Crippen molar-refractivity contribution in [2.45, 2.75) is 39.2 Å². The Morgan fingerprint density at radius 1 is 1.47 bits per heavy atom. The second-order valence-electron chi connectivity index (χ2n) is 4.17. The van der Waals surface area contributed by atoms with E-state index in [2.05, 4.69) is 41.5 Å². The van der Waals surface area contributed by atoms with Crippen LogP contribution in [0.15, 0.2) is 12.3 Å². The Balaban J connectivity index is 2.71. The molecule has 5 nitrogen and oxygen atoms in total. The molecule has 84 valence electrons. The zero-order chi connectivity index (χ0) is 11.3. The highest BCUT2D eigenvalue weighted by atomic mass is 15.3. The molecule has 1 rings (SSSR count). The van der Waals surface area contributed by atoms with E-state index < -0.39 is 0 Å². The van der Waals surface area contributed by atoms with Crippen LogP contribution in [-0.4, -0.2) is 15.5 Å². The minimum Gasteiger partial charge on any atom is -0.365 e. The van der Waals surface area contributed by atoms with E-state index in [-0.39, 0.29) is 5.54 Å². The maximum absolute atomic E-state index is 5.24. The van der Waals surface area contributed by atoms with Gasteiger partial charge >= 0.3 is 0 Å². The number of nitrogens with zero attached hydrogens (tertiary/aromatic N) is 2. The summed E-state index contributed by atoms with van der Waals surface area (Å²) >= 11 is 0. The highest BCUT2D eigenvalue weighted by Crippen LogP contribution is 2.17. The van der Waals surface area contributed by atoms with E-state index in [9.17, 15) is 0 Å². The van der Waals surface area contributed by atoms with Crippen LogP contribution < -0.4 is 16.6 Å². The van der Waals surface area contributed by atoms with E-state index in [0.717, 1.165) is 18.7 Å². The Bertz CT molecular complexity index is 310. The number of hydrogen-bond donors (Lipinski definition) is 3. The van der Waals surface area contributed by atoms with E-state index in [1.165, 1.54) is 0 Å². The third-order valence-corrected chi connectivity index (χ3v) is 2.13. The summed E-state index contributed by atoms with van der Waals surface area (Å²) in [5.74, 6) is 6.45. The van der Waals surface area contributed by atoms with Crippen LogP contribution in [0.5, 0.6) is 0 Å². The second kappa shape index (κ2) is 4.93. The first kappa shape index (κ1) is 11.7. The maximum atomic E-state index is 5.24.